The van der Waals surface area contributed by atoms with Gasteiger partial charge in [-0.05, 0) is 27.7 Å². The number of piperazine rings is 1. The fraction of sp³-hybridized carbons (Fsp3) is 0.769. The minimum absolute atomic E-state index is 0.145. The second-order valence-corrected chi connectivity index (χ2v) is 8.65. The zero-order valence-corrected chi connectivity index (χ0v) is 14.2. The Hall–Kier alpha value is -1.28. The normalized spacial score (nSPS) is 20.8. The first-order chi connectivity index (χ1) is 9.51. The second kappa shape index (κ2) is 5.17. The first-order valence-electron chi connectivity index (χ1n) is 7.09. The van der Waals surface area contributed by atoms with Crippen molar-refractivity contribution >= 4 is 21.5 Å². The number of nitrogens with one attached hydrogen (secondary N) is 1. The molecule has 1 saturated heterocycles. The van der Waals surface area contributed by atoms with Crippen LogP contribution >= 0.6 is 0 Å². The molecule has 2 rings (SSSR count). The van der Waals surface area contributed by atoms with Crippen molar-refractivity contribution in [1.29, 1.82) is 0 Å². The van der Waals surface area contributed by atoms with E-state index in [1.54, 1.807) is 4.68 Å². The van der Waals surface area contributed by atoms with Gasteiger partial charge in [-0.1, -0.05) is 0 Å². The van der Waals surface area contributed by atoms with E-state index in [1.165, 1.54) is 6.26 Å². The summed E-state index contributed by atoms with van der Waals surface area (Å²) < 4.78 is 25.9. The van der Waals surface area contributed by atoms with Crippen molar-refractivity contribution in [3.8, 4) is 0 Å². The molecule has 0 unspecified atom stereocenters. The average molecular weight is 315 g/mol. The van der Waals surface area contributed by atoms with E-state index in [2.05, 4.69) is 17.3 Å². The fourth-order valence-electron chi connectivity index (χ4n) is 2.60. The molecule has 2 heterocycles. The van der Waals surface area contributed by atoms with Gasteiger partial charge >= 0.3 is 0 Å². The molecule has 1 fully saturated rings. The first kappa shape index (κ1) is 16.1. The van der Waals surface area contributed by atoms with Gasteiger partial charge in [0.2, 0.25) is 0 Å². The standard InChI is InChI=1S/C13H25N5O2S/c1-9-8-17(7-6-15-9)12-10(21(5,19)20)11(14)18(16-12)13(2,3)4/h9,15H,6-8,14H2,1-5H3/t9-/m1/s1. The molecule has 1 aliphatic rings. The zero-order chi connectivity index (χ0) is 16.0. The largest absolute Gasteiger partial charge is 0.383 e. The van der Waals surface area contributed by atoms with Gasteiger partial charge in [-0.25, -0.2) is 13.1 Å². The average Bonchev–Trinajstić information content (AvgIpc) is 2.66. The minimum Gasteiger partial charge on any atom is -0.383 e. The van der Waals surface area contributed by atoms with E-state index in [-0.39, 0.29) is 22.3 Å². The Kier molecular flexibility index (Phi) is 3.96. The lowest BCUT2D eigenvalue weighted by atomic mass is 10.1. The van der Waals surface area contributed by atoms with E-state index in [0.29, 0.717) is 18.9 Å². The predicted molar refractivity (Wildman–Crippen MR) is 84.4 cm³/mol. The second-order valence-electron chi connectivity index (χ2n) is 6.69. The van der Waals surface area contributed by atoms with Crippen LogP contribution in [0.1, 0.15) is 27.7 Å². The highest BCUT2D eigenvalue weighted by atomic mass is 32.2. The SMILES string of the molecule is C[C@@H]1CN(c2nn(C(C)(C)C)c(N)c2S(C)(=O)=O)CCN1. The molecular formula is C13H25N5O2S. The van der Waals surface area contributed by atoms with Gasteiger partial charge in [0, 0.05) is 31.9 Å². The van der Waals surface area contributed by atoms with Crippen LogP contribution in [-0.2, 0) is 15.4 Å². The summed E-state index contributed by atoms with van der Waals surface area (Å²) in [5.74, 6) is 0.685. The maximum Gasteiger partial charge on any atom is 0.182 e. The molecule has 8 heteroatoms. The number of aromatic nitrogens is 2. The molecule has 0 aromatic carbocycles. The Labute approximate surface area is 126 Å². The molecule has 0 aliphatic carbocycles. The molecule has 1 aromatic heterocycles. The molecule has 0 radical (unpaired) electrons. The molecule has 1 atom stereocenters. The van der Waals surface area contributed by atoms with Crippen molar-refractivity contribution in [3.63, 3.8) is 0 Å². The molecule has 1 aromatic rings. The molecule has 120 valence electrons. The quantitative estimate of drug-likeness (QED) is 0.822. The third kappa shape index (κ3) is 3.16. The summed E-state index contributed by atoms with van der Waals surface area (Å²) in [5.41, 5.74) is 5.72. The Balaban J connectivity index is 2.59. The summed E-state index contributed by atoms with van der Waals surface area (Å²) in [7, 11) is -3.44. The Morgan fingerprint density at radius 1 is 1.38 bits per heavy atom. The highest BCUT2D eigenvalue weighted by molar-refractivity contribution is 7.91. The number of hydrogen-bond donors (Lipinski definition) is 2. The predicted octanol–water partition coefficient (Wildman–Crippen LogP) is 0.422. The molecule has 0 amide bonds. The van der Waals surface area contributed by atoms with Gasteiger partial charge in [0.25, 0.3) is 0 Å². The minimum atomic E-state index is -3.44. The number of nitrogen functional groups attached to an aromatic ring is 1. The van der Waals surface area contributed by atoms with Gasteiger partial charge in [-0.15, -0.1) is 0 Å². The summed E-state index contributed by atoms with van der Waals surface area (Å²) in [6, 6.07) is 0.284. The topological polar surface area (TPSA) is 93.2 Å². The molecule has 1 aliphatic heterocycles. The fourth-order valence-corrected chi connectivity index (χ4v) is 3.57. The Bertz CT molecular complexity index is 630. The van der Waals surface area contributed by atoms with Gasteiger partial charge in [0.05, 0.1) is 5.54 Å². The van der Waals surface area contributed by atoms with Crippen molar-refractivity contribution in [1.82, 2.24) is 15.1 Å². The lowest BCUT2D eigenvalue weighted by Crippen LogP contribution is -2.49. The van der Waals surface area contributed by atoms with Crippen molar-refractivity contribution in [2.24, 2.45) is 0 Å². The van der Waals surface area contributed by atoms with E-state index in [1.807, 2.05) is 25.7 Å². The molecule has 0 bridgehead atoms. The molecule has 0 spiro atoms. The molecule has 0 saturated carbocycles. The van der Waals surface area contributed by atoms with Crippen LogP contribution in [-0.4, -0.2) is 50.1 Å². The first-order valence-corrected chi connectivity index (χ1v) is 8.98. The van der Waals surface area contributed by atoms with Crippen LogP contribution in [0.25, 0.3) is 0 Å². The molecular weight excluding hydrogens is 290 g/mol. The molecule has 3 N–H and O–H groups in total. The summed E-state index contributed by atoms with van der Waals surface area (Å²) in [6.07, 6.45) is 1.18. The van der Waals surface area contributed by atoms with Crippen LogP contribution in [0, 0.1) is 0 Å². The lowest BCUT2D eigenvalue weighted by molar-refractivity contribution is 0.360. The van der Waals surface area contributed by atoms with E-state index in [4.69, 9.17) is 5.73 Å². The Morgan fingerprint density at radius 2 is 2.00 bits per heavy atom. The van der Waals surface area contributed by atoms with E-state index >= 15 is 0 Å². The van der Waals surface area contributed by atoms with E-state index in [0.717, 1.165) is 6.54 Å². The van der Waals surface area contributed by atoms with Crippen molar-refractivity contribution < 1.29 is 8.42 Å². The van der Waals surface area contributed by atoms with Crippen LogP contribution in [0.3, 0.4) is 0 Å². The van der Waals surface area contributed by atoms with Crippen LogP contribution in [0.4, 0.5) is 11.6 Å². The van der Waals surface area contributed by atoms with Gasteiger partial charge in [-0.3, -0.25) is 0 Å². The summed E-state index contributed by atoms with van der Waals surface area (Å²) >= 11 is 0. The third-order valence-electron chi connectivity index (χ3n) is 3.53. The van der Waals surface area contributed by atoms with E-state index in [9.17, 15) is 8.42 Å². The van der Waals surface area contributed by atoms with Crippen LogP contribution in [0.15, 0.2) is 4.90 Å². The molecule has 7 nitrogen and oxygen atoms in total. The van der Waals surface area contributed by atoms with Crippen molar-refractivity contribution in [3.05, 3.63) is 0 Å². The Morgan fingerprint density at radius 3 is 2.48 bits per heavy atom. The summed E-state index contributed by atoms with van der Waals surface area (Å²) in [4.78, 5) is 2.14. The summed E-state index contributed by atoms with van der Waals surface area (Å²) in [6.45, 7) is 10.1. The highest BCUT2D eigenvalue weighted by Gasteiger charge is 2.32. The number of nitrogens with two attached hydrogens (primary N) is 1. The number of rotatable bonds is 2. The number of anilines is 2. The lowest BCUT2D eigenvalue weighted by Gasteiger charge is -2.32. The van der Waals surface area contributed by atoms with Gasteiger partial charge in [0.1, 0.15) is 5.82 Å². The summed E-state index contributed by atoms with van der Waals surface area (Å²) in [5, 5.41) is 7.85. The van der Waals surface area contributed by atoms with Crippen molar-refractivity contribution in [2.75, 3.05) is 36.5 Å². The highest BCUT2D eigenvalue weighted by Crippen LogP contribution is 2.33. The number of hydrogen-bond acceptors (Lipinski definition) is 6. The monoisotopic (exact) mass is 315 g/mol. The van der Waals surface area contributed by atoms with Crippen LogP contribution in [0.2, 0.25) is 0 Å². The number of sulfone groups is 1. The van der Waals surface area contributed by atoms with Crippen molar-refractivity contribution in [2.45, 2.75) is 44.2 Å². The van der Waals surface area contributed by atoms with E-state index < -0.39 is 9.84 Å². The van der Waals surface area contributed by atoms with Crippen LogP contribution in [0.5, 0.6) is 0 Å². The zero-order valence-electron chi connectivity index (χ0n) is 13.3. The van der Waals surface area contributed by atoms with Gasteiger partial charge < -0.3 is 16.0 Å². The van der Waals surface area contributed by atoms with Gasteiger partial charge in [-0.2, -0.15) is 5.10 Å². The number of nitrogens with zero attached hydrogens (tertiary/aromatic N) is 3. The van der Waals surface area contributed by atoms with Crippen LogP contribution < -0.4 is 16.0 Å². The maximum atomic E-state index is 12.2. The molecule has 21 heavy (non-hydrogen) atoms. The van der Waals surface area contributed by atoms with Gasteiger partial charge in [0.15, 0.2) is 20.6 Å². The maximum absolute atomic E-state index is 12.2. The third-order valence-corrected chi connectivity index (χ3v) is 4.67. The smallest absolute Gasteiger partial charge is 0.182 e.